The molecular weight excluding hydrogens is 372 g/mol. The lowest BCUT2D eigenvalue weighted by atomic mass is 10.1. The van der Waals surface area contributed by atoms with Gasteiger partial charge in [-0.25, -0.2) is 5.43 Å². The Morgan fingerprint density at radius 2 is 1.66 bits per heavy atom. The van der Waals surface area contributed by atoms with E-state index in [1.54, 1.807) is 24.3 Å². The lowest BCUT2D eigenvalue weighted by Crippen LogP contribution is -2.19. The Kier molecular flexibility index (Phi) is 6.72. The summed E-state index contributed by atoms with van der Waals surface area (Å²) in [6, 6.07) is 18.2. The van der Waals surface area contributed by atoms with Crippen molar-refractivity contribution in [1.29, 1.82) is 0 Å². The molecular formula is C21H20N4O4. The van der Waals surface area contributed by atoms with Crippen molar-refractivity contribution in [2.75, 3.05) is 14.2 Å². The number of para-hydroxylation sites is 1. The molecule has 0 spiro atoms. The van der Waals surface area contributed by atoms with E-state index in [4.69, 9.17) is 14.2 Å². The summed E-state index contributed by atoms with van der Waals surface area (Å²) in [6.45, 7) is 0. The fourth-order valence-electron chi connectivity index (χ4n) is 2.41. The molecule has 0 saturated heterocycles. The minimum Gasteiger partial charge on any atom is -0.481 e. The average Bonchev–Trinajstić information content (AvgIpc) is 2.75. The van der Waals surface area contributed by atoms with E-state index in [1.165, 1.54) is 20.4 Å². The predicted molar refractivity (Wildman–Crippen MR) is 108 cm³/mol. The van der Waals surface area contributed by atoms with Crippen molar-refractivity contribution >= 4 is 12.1 Å². The number of carbonyl (C=O) groups is 1. The van der Waals surface area contributed by atoms with E-state index in [0.717, 1.165) is 5.56 Å². The van der Waals surface area contributed by atoms with Gasteiger partial charge in [-0.15, -0.1) is 0 Å². The minimum absolute atomic E-state index is 0.0650. The second-order valence-electron chi connectivity index (χ2n) is 5.83. The normalized spacial score (nSPS) is 10.6. The number of nitrogens with one attached hydrogen (secondary N) is 1. The summed E-state index contributed by atoms with van der Waals surface area (Å²) < 4.78 is 16.0. The van der Waals surface area contributed by atoms with Crippen LogP contribution in [0.3, 0.4) is 0 Å². The molecule has 0 saturated carbocycles. The first kappa shape index (κ1) is 19.8. The summed E-state index contributed by atoms with van der Waals surface area (Å²) >= 11 is 0. The van der Waals surface area contributed by atoms with Gasteiger partial charge in [-0.1, -0.05) is 42.5 Å². The van der Waals surface area contributed by atoms with Gasteiger partial charge in [0.05, 0.1) is 32.9 Å². The van der Waals surface area contributed by atoms with Crippen LogP contribution in [0.5, 0.6) is 23.5 Å². The van der Waals surface area contributed by atoms with Gasteiger partial charge in [0, 0.05) is 5.56 Å². The molecule has 1 aromatic heterocycles. The number of methoxy groups -OCH3 is 2. The van der Waals surface area contributed by atoms with Crippen LogP contribution in [0.4, 0.5) is 0 Å². The number of benzene rings is 2. The van der Waals surface area contributed by atoms with Gasteiger partial charge in [0.2, 0.25) is 17.7 Å². The number of rotatable bonds is 8. The Balaban J connectivity index is 1.69. The number of aromatic nitrogens is 2. The minimum atomic E-state index is -0.216. The summed E-state index contributed by atoms with van der Waals surface area (Å²) in [7, 11) is 2.98. The number of ether oxygens (including phenoxy) is 3. The van der Waals surface area contributed by atoms with Gasteiger partial charge in [-0.05, 0) is 17.7 Å². The molecule has 3 aromatic rings. The fraction of sp³-hybridized carbons (Fsp3) is 0.143. The van der Waals surface area contributed by atoms with Crippen LogP contribution < -0.4 is 19.6 Å². The number of carbonyl (C=O) groups excluding carboxylic acids is 1. The molecule has 0 unspecified atom stereocenters. The maximum absolute atomic E-state index is 12.0. The largest absolute Gasteiger partial charge is 0.481 e. The number of nitrogens with zero attached hydrogens (tertiary/aromatic N) is 3. The molecule has 8 heteroatoms. The molecule has 0 aliphatic rings. The lowest BCUT2D eigenvalue weighted by Gasteiger charge is -2.09. The molecule has 0 bridgehead atoms. The SMILES string of the molecule is COc1cc(OC)nc(Oc2ccccc2/C=N/NC(=O)Cc2ccccc2)n1. The van der Waals surface area contributed by atoms with E-state index < -0.39 is 0 Å². The van der Waals surface area contributed by atoms with Crippen LogP contribution in [0, 0.1) is 0 Å². The molecule has 3 rings (SSSR count). The van der Waals surface area contributed by atoms with Crippen molar-refractivity contribution in [3.05, 3.63) is 71.8 Å². The molecule has 1 amide bonds. The van der Waals surface area contributed by atoms with E-state index in [0.29, 0.717) is 23.1 Å². The van der Waals surface area contributed by atoms with Gasteiger partial charge in [-0.2, -0.15) is 15.1 Å². The number of hydrogen-bond acceptors (Lipinski definition) is 7. The Labute approximate surface area is 168 Å². The maximum atomic E-state index is 12.0. The highest BCUT2D eigenvalue weighted by Gasteiger charge is 2.10. The van der Waals surface area contributed by atoms with Gasteiger partial charge in [0.15, 0.2) is 0 Å². The van der Waals surface area contributed by atoms with Crippen molar-refractivity contribution in [2.45, 2.75) is 6.42 Å². The van der Waals surface area contributed by atoms with Gasteiger partial charge in [0.1, 0.15) is 5.75 Å². The molecule has 148 valence electrons. The zero-order chi connectivity index (χ0) is 20.5. The van der Waals surface area contributed by atoms with Gasteiger partial charge in [0.25, 0.3) is 0 Å². The van der Waals surface area contributed by atoms with Crippen LogP contribution in [0.15, 0.2) is 65.8 Å². The molecule has 8 nitrogen and oxygen atoms in total. The number of hydrogen-bond donors (Lipinski definition) is 1. The monoisotopic (exact) mass is 392 g/mol. The average molecular weight is 392 g/mol. The van der Waals surface area contributed by atoms with E-state index >= 15 is 0 Å². The fourth-order valence-corrected chi connectivity index (χ4v) is 2.41. The van der Waals surface area contributed by atoms with Crippen molar-refractivity contribution in [3.8, 4) is 23.5 Å². The predicted octanol–water partition coefficient (Wildman–Crippen LogP) is 2.98. The van der Waals surface area contributed by atoms with Crippen LogP contribution in [-0.2, 0) is 11.2 Å². The first-order chi connectivity index (χ1) is 14.2. The topological polar surface area (TPSA) is 94.9 Å². The summed E-state index contributed by atoms with van der Waals surface area (Å²) in [6.07, 6.45) is 1.74. The molecule has 0 aliphatic carbocycles. The Bertz CT molecular complexity index is 971. The molecule has 2 aromatic carbocycles. The molecule has 29 heavy (non-hydrogen) atoms. The Morgan fingerprint density at radius 1 is 1.00 bits per heavy atom. The lowest BCUT2D eigenvalue weighted by molar-refractivity contribution is -0.120. The van der Waals surface area contributed by atoms with Gasteiger partial charge >= 0.3 is 6.01 Å². The van der Waals surface area contributed by atoms with E-state index in [2.05, 4.69) is 20.5 Å². The van der Waals surface area contributed by atoms with E-state index in [9.17, 15) is 4.79 Å². The molecule has 0 atom stereocenters. The molecule has 0 radical (unpaired) electrons. The van der Waals surface area contributed by atoms with Crippen molar-refractivity contribution in [2.24, 2.45) is 5.10 Å². The smallest absolute Gasteiger partial charge is 0.328 e. The Hall–Kier alpha value is -3.94. The molecule has 0 fully saturated rings. The van der Waals surface area contributed by atoms with Crippen molar-refractivity contribution < 1.29 is 19.0 Å². The van der Waals surface area contributed by atoms with Crippen LogP contribution in [0.25, 0.3) is 0 Å². The highest BCUT2D eigenvalue weighted by molar-refractivity contribution is 5.85. The highest BCUT2D eigenvalue weighted by atomic mass is 16.5. The summed E-state index contributed by atoms with van der Waals surface area (Å²) in [5.74, 6) is 0.868. The van der Waals surface area contributed by atoms with Crippen molar-refractivity contribution in [3.63, 3.8) is 0 Å². The van der Waals surface area contributed by atoms with Gasteiger partial charge in [-0.3, -0.25) is 4.79 Å². The zero-order valence-corrected chi connectivity index (χ0v) is 16.0. The first-order valence-corrected chi connectivity index (χ1v) is 8.77. The van der Waals surface area contributed by atoms with Crippen LogP contribution in [0.1, 0.15) is 11.1 Å². The summed E-state index contributed by atoms with van der Waals surface area (Å²) in [4.78, 5) is 20.3. The second-order valence-corrected chi connectivity index (χ2v) is 5.83. The maximum Gasteiger partial charge on any atom is 0.328 e. The van der Waals surface area contributed by atoms with Crippen LogP contribution in [0.2, 0.25) is 0 Å². The van der Waals surface area contributed by atoms with Crippen LogP contribution in [-0.4, -0.2) is 36.3 Å². The van der Waals surface area contributed by atoms with E-state index in [-0.39, 0.29) is 18.3 Å². The zero-order valence-electron chi connectivity index (χ0n) is 16.0. The quantitative estimate of drug-likeness (QED) is 0.468. The third kappa shape index (κ3) is 5.77. The molecule has 1 heterocycles. The second kappa shape index (κ2) is 9.84. The Morgan fingerprint density at radius 3 is 2.34 bits per heavy atom. The molecule has 1 N–H and O–H groups in total. The van der Waals surface area contributed by atoms with E-state index in [1.807, 2.05) is 36.4 Å². The first-order valence-electron chi connectivity index (χ1n) is 8.77. The summed E-state index contributed by atoms with van der Waals surface area (Å²) in [5.41, 5.74) is 4.06. The standard InChI is InChI=1S/C21H20N4O4/c1-27-19-13-20(28-2)24-21(23-19)29-17-11-7-6-10-16(17)14-22-25-18(26)12-15-8-4-3-5-9-15/h3-11,13-14H,12H2,1-2H3,(H,25,26)/b22-14+. The van der Waals surface area contributed by atoms with Gasteiger partial charge < -0.3 is 14.2 Å². The summed E-state index contributed by atoms with van der Waals surface area (Å²) in [5, 5.41) is 4.01. The third-order valence-electron chi connectivity index (χ3n) is 3.80. The number of hydrazone groups is 1. The van der Waals surface area contributed by atoms with Crippen LogP contribution >= 0.6 is 0 Å². The third-order valence-corrected chi connectivity index (χ3v) is 3.80. The van der Waals surface area contributed by atoms with Crippen molar-refractivity contribution in [1.82, 2.24) is 15.4 Å². The molecule has 0 aliphatic heterocycles. The number of amides is 1. The highest BCUT2D eigenvalue weighted by Crippen LogP contribution is 2.25.